The van der Waals surface area contributed by atoms with Crippen molar-refractivity contribution < 1.29 is 8.42 Å². The van der Waals surface area contributed by atoms with Crippen molar-refractivity contribution in [1.29, 1.82) is 0 Å². The van der Waals surface area contributed by atoms with Crippen molar-refractivity contribution in [3.05, 3.63) is 18.2 Å². The van der Waals surface area contributed by atoms with Gasteiger partial charge in [-0.05, 0) is 31.7 Å². The standard InChI is InChI=1S/C13H24N4O2S/c1-16-9-7-14-13(16)11-17-8-3-4-12(10-17)5-6-15-20(2,18)19/h7,9,12,15H,3-6,8,10-11H2,1-2H3. The second kappa shape index (κ2) is 6.69. The van der Waals surface area contributed by atoms with Crippen molar-refractivity contribution in [2.45, 2.75) is 25.8 Å². The summed E-state index contributed by atoms with van der Waals surface area (Å²) in [5, 5.41) is 0. The molecule has 114 valence electrons. The maximum Gasteiger partial charge on any atom is 0.208 e. The van der Waals surface area contributed by atoms with E-state index in [4.69, 9.17) is 0 Å². The lowest BCUT2D eigenvalue weighted by molar-refractivity contribution is 0.158. The number of sulfonamides is 1. The third-order valence-electron chi connectivity index (χ3n) is 3.81. The number of imidazole rings is 1. The molecule has 0 bridgehead atoms. The van der Waals surface area contributed by atoms with Gasteiger partial charge in [0, 0.05) is 32.5 Å². The number of nitrogens with zero attached hydrogens (tertiary/aromatic N) is 3. The van der Waals surface area contributed by atoms with Gasteiger partial charge in [-0.25, -0.2) is 18.1 Å². The van der Waals surface area contributed by atoms with Crippen molar-refractivity contribution in [2.75, 3.05) is 25.9 Å². The van der Waals surface area contributed by atoms with Gasteiger partial charge >= 0.3 is 0 Å². The molecule has 2 rings (SSSR count). The zero-order valence-electron chi connectivity index (χ0n) is 12.2. The van der Waals surface area contributed by atoms with E-state index < -0.39 is 10.0 Å². The van der Waals surface area contributed by atoms with Crippen LogP contribution in [-0.2, 0) is 23.6 Å². The second-order valence-electron chi connectivity index (χ2n) is 5.65. The van der Waals surface area contributed by atoms with Crippen molar-refractivity contribution in [3.8, 4) is 0 Å². The van der Waals surface area contributed by atoms with Gasteiger partial charge in [-0.2, -0.15) is 0 Å². The molecule has 0 aromatic carbocycles. The van der Waals surface area contributed by atoms with Gasteiger partial charge in [0.1, 0.15) is 5.82 Å². The van der Waals surface area contributed by atoms with Crippen LogP contribution < -0.4 is 4.72 Å². The second-order valence-corrected chi connectivity index (χ2v) is 7.49. The average molecular weight is 300 g/mol. The number of hydrogen-bond donors (Lipinski definition) is 1. The molecule has 0 amide bonds. The number of nitrogens with one attached hydrogen (secondary N) is 1. The molecule has 1 saturated heterocycles. The lowest BCUT2D eigenvalue weighted by atomic mass is 9.95. The Bertz CT molecular complexity index is 526. The molecule has 1 aromatic heterocycles. The summed E-state index contributed by atoms with van der Waals surface area (Å²) >= 11 is 0. The minimum absolute atomic E-state index is 0.541. The quantitative estimate of drug-likeness (QED) is 0.834. The Morgan fingerprint density at radius 3 is 2.95 bits per heavy atom. The highest BCUT2D eigenvalue weighted by atomic mass is 32.2. The molecule has 1 atom stereocenters. The molecule has 1 unspecified atom stereocenters. The highest BCUT2D eigenvalue weighted by molar-refractivity contribution is 7.88. The lowest BCUT2D eigenvalue weighted by Gasteiger charge is -2.32. The van der Waals surface area contributed by atoms with Gasteiger partial charge in [0.2, 0.25) is 10.0 Å². The highest BCUT2D eigenvalue weighted by Crippen LogP contribution is 2.20. The normalized spacial score (nSPS) is 21.2. The van der Waals surface area contributed by atoms with Gasteiger partial charge in [0.25, 0.3) is 0 Å². The molecule has 6 nitrogen and oxygen atoms in total. The molecule has 1 aliphatic rings. The molecule has 0 spiro atoms. The summed E-state index contributed by atoms with van der Waals surface area (Å²) in [6, 6.07) is 0. The molecular weight excluding hydrogens is 276 g/mol. The van der Waals surface area contributed by atoms with Crippen LogP contribution >= 0.6 is 0 Å². The van der Waals surface area contributed by atoms with Crippen LogP contribution in [0.3, 0.4) is 0 Å². The number of piperidine rings is 1. The van der Waals surface area contributed by atoms with Gasteiger partial charge in [0.05, 0.1) is 12.8 Å². The van der Waals surface area contributed by atoms with Gasteiger partial charge in [-0.15, -0.1) is 0 Å². The Balaban J connectivity index is 1.78. The minimum Gasteiger partial charge on any atom is -0.337 e. The Morgan fingerprint density at radius 2 is 2.30 bits per heavy atom. The van der Waals surface area contributed by atoms with E-state index in [-0.39, 0.29) is 0 Å². The number of hydrogen-bond acceptors (Lipinski definition) is 4. The average Bonchev–Trinajstić information content (AvgIpc) is 2.74. The number of likely N-dealkylation sites (tertiary alicyclic amines) is 1. The molecule has 0 aliphatic carbocycles. The summed E-state index contributed by atoms with van der Waals surface area (Å²) in [6.45, 7) is 3.54. The maximum absolute atomic E-state index is 11.1. The van der Waals surface area contributed by atoms with Gasteiger partial charge in [-0.1, -0.05) is 0 Å². The predicted octanol–water partition coefficient (Wildman–Crippen LogP) is 0.571. The van der Waals surface area contributed by atoms with Crippen LogP contribution in [0.25, 0.3) is 0 Å². The van der Waals surface area contributed by atoms with Crippen LogP contribution in [0.2, 0.25) is 0 Å². The van der Waals surface area contributed by atoms with E-state index in [1.165, 1.54) is 19.1 Å². The topological polar surface area (TPSA) is 67.2 Å². The van der Waals surface area contributed by atoms with Crippen LogP contribution in [0.4, 0.5) is 0 Å². The number of rotatable bonds is 6. The van der Waals surface area contributed by atoms with Gasteiger partial charge in [0.15, 0.2) is 0 Å². The molecular formula is C13H24N4O2S. The van der Waals surface area contributed by atoms with E-state index in [0.29, 0.717) is 12.5 Å². The van der Waals surface area contributed by atoms with E-state index in [9.17, 15) is 8.42 Å². The number of aromatic nitrogens is 2. The molecule has 1 fully saturated rings. The predicted molar refractivity (Wildman–Crippen MR) is 78.7 cm³/mol. The van der Waals surface area contributed by atoms with E-state index >= 15 is 0 Å². The monoisotopic (exact) mass is 300 g/mol. The fourth-order valence-corrected chi connectivity index (χ4v) is 3.22. The molecule has 7 heteroatoms. The zero-order valence-corrected chi connectivity index (χ0v) is 13.1. The highest BCUT2D eigenvalue weighted by Gasteiger charge is 2.20. The summed E-state index contributed by atoms with van der Waals surface area (Å²) in [4.78, 5) is 6.77. The third-order valence-corrected chi connectivity index (χ3v) is 4.53. The summed E-state index contributed by atoms with van der Waals surface area (Å²) in [7, 11) is -1.05. The Kier molecular flexibility index (Phi) is 5.17. The molecule has 20 heavy (non-hydrogen) atoms. The minimum atomic E-state index is -3.06. The van der Waals surface area contributed by atoms with E-state index in [2.05, 4.69) is 19.2 Å². The fraction of sp³-hybridized carbons (Fsp3) is 0.769. The molecule has 0 radical (unpaired) electrons. The summed E-state index contributed by atoms with van der Waals surface area (Å²) in [6.07, 6.45) is 8.27. The van der Waals surface area contributed by atoms with E-state index in [0.717, 1.165) is 31.9 Å². The first kappa shape index (κ1) is 15.5. The molecule has 1 N–H and O–H groups in total. The van der Waals surface area contributed by atoms with Crippen LogP contribution in [-0.4, -0.2) is 48.8 Å². The fourth-order valence-electron chi connectivity index (χ4n) is 2.73. The van der Waals surface area contributed by atoms with Crippen LogP contribution in [0.5, 0.6) is 0 Å². The van der Waals surface area contributed by atoms with E-state index in [1.807, 2.05) is 19.4 Å². The van der Waals surface area contributed by atoms with E-state index in [1.54, 1.807) is 0 Å². The summed E-state index contributed by atoms with van der Waals surface area (Å²) in [5.41, 5.74) is 0. The molecule has 2 heterocycles. The zero-order chi connectivity index (χ0) is 14.6. The SMILES string of the molecule is Cn1ccnc1CN1CCCC(CCNS(C)(=O)=O)C1. The Labute approximate surface area is 121 Å². The molecule has 1 aromatic rings. The van der Waals surface area contributed by atoms with Crippen LogP contribution in [0.1, 0.15) is 25.1 Å². The lowest BCUT2D eigenvalue weighted by Crippen LogP contribution is -2.37. The van der Waals surface area contributed by atoms with Gasteiger partial charge in [-0.3, -0.25) is 4.90 Å². The number of aryl methyl sites for hydroxylation is 1. The Morgan fingerprint density at radius 1 is 1.50 bits per heavy atom. The Hall–Kier alpha value is -0.920. The maximum atomic E-state index is 11.1. The first-order valence-electron chi connectivity index (χ1n) is 7.07. The summed E-state index contributed by atoms with van der Waals surface area (Å²) < 4.78 is 26.7. The summed E-state index contributed by atoms with van der Waals surface area (Å²) in [5.74, 6) is 1.65. The van der Waals surface area contributed by atoms with Crippen molar-refractivity contribution >= 4 is 10.0 Å². The van der Waals surface area contributed by atoms with Crippen molar-refractivity contribution in [2.24, 2.45) is 13.0 Å². The van der Waals surface area contributed by atoms with Crippen LogP contribution in [0.15, 0.2) is 12.4 Å². The smallest absolute Gasteiger partial charge is 0.208 e. The molecule has 0 saturated carbocycles. The van der Waals surface area contributed by atoms with Crippen molar-refractivity contribution in [1.82, 2.24) is 19.2 Å². The molecule has 1 aliphatic heterocycles. The third kappa shape index (κ3) is 4.88. The first-order valence-corrected chi connectivity index (χ1v) is 8.96. The largest absolute Gasteiger partial charge is 0.337 e. The van der Waals surface area contributed by atoms with Crippen molar-refractivity contribution in [3.63, 3.8) is 0 Å². The van der Waals surface area contributed by atoms with Gasteiger partial charge < -0.3 is 4.57 Å². The first-order chi connectivity index (χ1) is 9.44. The van der Waals surface area contributed by atoms with Crippen LogP contribution in [0, 0.1) is 5.92 Å².